The summed E-state index contributed by atoms with van der Waals surface area (Å²) >= 11 is 0. The molecule has 4 atom stereocenters. The zero-order valence-corrected chi connectivity index (χ0v) is 11.3. The number of carbonyl (C=O) groups excluding carboxylic acids is 2. The molecule has 0 aromatic carbocycles. The van der Waals surface area contributed by atoms with E-state index in [0.717, 1.165) is 25.7 Å². The normalized spacial score (nSPS) is 41.2. The molecule has 0 heterocycles. The van der Waals surface area contributed by atoms with Gasteiger partial charge in [-0.2, -0.15) is 0 Å². The Hall–Kier alpha value is -0.920. The smallest absolute Gasteiger partial charge is 0.147 e. The van der Waals surface area contributed by atoms with Gasteiger partial charge in [0, 0.05) is 11.8 Å². The maximum absolute atomic E-state index is 12.4. The molecule has 98 valence electrons. The number of rotatable bonds is 4. The molecule has 2 fully saturated rings. The number of allylic oxidation sites excluding steroid dienone is 2. The average molecular weight is 246 g/mol. The Bertz CT molecular complexity index is 377. The van der Waals surface area contributed by atoms with Crippen molar-refractivity contribution in [3.05, 3.63) is 12.2 Å². The van der Waals surface area contributed by atoms with E-state index in [0.29, 0.717) is 17.8 Å². The lowest BCUT2D eigenvalue weighted by molar-refractivity contribution is -0.129. The second kappa shape index (κ2) is 4.32. The Labute approximate surface area is 109 Å². The standard InChI is InChI=1S/C16H22O2/c1-9(2)4-3-5-12-15(17)13-10-6-7-11(8-10)14(13)16(12)18/h6-7,9-14H,3-5,8H2,1-2H3. The minimum atomic E-state index is -0.260. The molecule has 0 N–H and O–H groups in total. The molecule has 2 nitrogen and oxygen atoms in total. The molecule has 3 aliphatic carbocycles. The zero-order chi connectivity index (χ0) is 12.9. The van der Waals surface area contributed by atoms with E-state index < -0.39 is 0 Å². The third-order valence-corrected chi connectivity index (χ3v) is 5.08. The van der Waals surface area contributed by atoms with Crippen LogP contribution in [0.2, 0.25) is 0 Å². The lowest BCUT2D eigenvalue weighted by atomic mass is 9.85. The van der Waals surface area contributed by atoms with Crippen LogP contribution < -0.4 is 0 Å². The fourth-order valence-electron chi connectivity index (χ4n) is 4.22. The van der Waals surface area contributed by atoms with Crippen molar-refractivity contribution in [2.45, 2.75) is 39.5 Å². The molecule has 0 spiro atoms. The molecule has 4 unspecified atom stereocenters. The zero-order valence-electron chi connectivity index (χ0n) is 11.3. The number of carbonyl (C=O) groups is 2. The number of fused-ring (bicyclic) bond motifs is 5. The van der Waals surface area contributed by atoms with Crippen LogP contribution in [0, 0.1) is 35.5 Å². The van der Waals surface area contributed by atoms with E-state index in [9.17, 15) is 9.59 Å². The first kappa shape index (κ1) is 12.1. The molecule has 0 radical (unpaired) electrons. The predicted molar refractivity (Wildman–Crippen MR) is 69.9 cm³/mol. The number of ketones is 2. The van der Waals surface area contributed by atoms with Gasteiger partial charge in [0.2, 0.25) is 0 Å². The summed E-state index contributed by atoms with van der Waals surface area (Å²) in [5.41, 5.74) is 0. The van der Waals surface area contributed by atoms with Gasteiger partial charge in [-0.05, 0) is 30.6 Å². The molecule has 2 bridgehead atoms. The second-order valence-electron chi connectivity index (χ2n) is 6.68. The van der Waals surface area contributed by atoms with Crippen LogP contribution in [-0.2, 0) is 9.59 Å². The van der Waals surface area contributed by atoms with Gasteiger partial charge in [0.05, 0.1) is 5.92 Å². The van der Waals surface area contributed by atoms with Crippen LogP contribution in [0.1, 0.15) is 39.5 Å². The summed E-state index contributed by atoms with van der Waals surface area (Å²) in [6.07, 6.45) is 8.33. The molecule has 0 amide bonds. The maximum Gasteiger partial charge on any atom is 0.147 e. The molecule has 2 saturated carbocycles. The van der Waals surface area contributed by atoms with Crippen LogP contribution >= 0.6 is 0 Å². The molecule has 0 aromatic heterocycles. The minimum absolute atomic E-state index is 0.0524. The van der Waals surface area contributed by atoms with Gasteiger partial charge in [-0.15, -0.1) is 0 Å². The Morgan fingerprint density at radius 3 is 2.17 bits per heavy atom. The van der Waals surface area contributed by atoms with Gasteiger partial charge in [0.1, 0.15) is 11.6 Å². The highest BCUT2D eigenvalue weighted by Gasteiger charge is 2.59. The summed E-state index contributed by atoms with van der Waals surface area (Å²) < 4.78 is 0. The second-order valence-corrected chi connectivity index (χ2v) is 6.68. The summed E-state index contributed by atoms with van der Waals surface area (Å²) in [6.45, 7) is 4.38. The highest BCUT2D eigenvalue weighted by Crippen LogP contribution is 2.54. The first-order valence-corrected chi connectivity index (χ1v) is 7.35. The van der Waals surface area contributed by atoms with Crippen LogP contribution in [0.4, 0.5) is 0 Å². The van der Waals surface area contributed by atoms with E-state index in [1.165, 1.54) is 0 Å². The molecular weight excluding hydrogens is 224 g/mol. The molecule has 2 heteroatoms. The Kier molecular flexibility index (Phi) is 2.91. The monoisotopic (exact) mass is 246 g/mol. The van der Waals surface area contributed by atoms with E-state index in [2.05, 4.69) is 26.0 Å². The highest BCUT2D eigenvalue weighted by molar-refractivity contribution is 6.12. The van der Waals surface area contributed by atoms with Crippen molar-refractivity contribution in [1.29, 1.82) is 0 Å². The van der Waals surface area contributed by atoms with Crippen LogP contribution in [0.25, 0.3) is 0 Å². The fraction of sp³-hybridized carbons (Fsp3) is 0.750. The quantitative estimate of drug-likeness (QED) is 0.564. The molecule has 0 saturated heterocycles. The predicted octanol–water partition coefficient (Wildman–Crippen LogP) is 3.02. The minimum Gasteiger partial charge on any atom is -0.299 e. The first-order valence-electron chi connectivity index (χ1n) is 7.35. The lowest BCUT2D eigenvalue weighted by Crippen LogP contribution is -2.21. The SMILES string of the molecule is CC(C)CCCC1C(=O)C2C3C=CC(C3)C2C1=O. The largest absolute Gasteiger partial charge is 0.299 e. The number of Topliss-reactive ketones (excluding diaryl/α,β-unsaturated/α-hetero) is 2. The summed E-state index contributed by atoms with van der Waals surface area (Å²) in [4.78, 5) is 24.8. The van der Waals surface area contributed by atoms with Gasteiger partial charge < -0.3 is 0 Å². The summed E-state index contributed by atoms with van der Waals surface area (Å²) in [5, 5.41) is 0. The Morgan fingerprint density at radius 1 is 1.11 bits per heavy atom. The van der Waals surface area contributed by atoms with E-state index in [1.807, 2.05) is 0 Å². The van der Waals surface area contributed by atoms with E-state index in [-0.39, 0.29) is 29.3 Å². The van der Waals surface area contributed by atoms with Gasteiger partial charge in [0.25, 0.3) is 0 Å². The maximum atomic E-state index is 12.4. The van der Waals surface area contributed by atoms with Gasteiger partial charge in [-0.25, -0.2) is 0 Å². The van der Waals surface area contributed by atoms with Gasteiger partial charge in [-0.3, -0.25) is 9.59 Å². The van der Waals surface area contributed by atoms with E-state index in [1.54, 1.807) is 0 Å². The average Bonchev–Trinajstić information content (AvgIpc) is 2.97. The van der Waals surface area contributed by atoms with Gasteiger partial charge in [0.15, 0.2) is 0 Å². The number of hydrogen-bond donors (Lipinski definition) is 0. The molecule has 3 aliphatic rings. The third-order valence-electron chi connectivity index (χ3n) is 5.08. The van der Waals surface area contributed by atoms with Crippen molar-refractivity contribution in [3.63, 3.8) is 0 Å². The summed E-state index contributed by atoms with van der Waals surface area (Å²) in [7, 11) is 0. The molecule has 0 aromatic rings. The van der Waals surface area contributed by atoms with Crippen LogP contribution in [0.5, 0.6) is 0 Å². The summed E-state index contributed by atoms with van der Waals surface area (Å²) in [5.74, 6) is 1.81. The van der Waals surface area contributed by atoms with Crippen molar-refractivity contribution in [2.75, 3.05) is 0 Å². The molecular formula is C16H22O2. The van der Waals surface area contributed by atoms with Crippen molar-refractivity contribution in [2.24, 2.45) is 35.5 Å². The van der Waals surface area contributed by atoms with Crippen LogP contribution in [0.15, 0.2) is 12.2 Å². The van der Waals surface area contributed by atoms with E-state index >= 15 is 0 Å². The first-order chi connectivity index (χ1) is 8.59. The molecule has 0 aliphatic heterocycles. The van der Waals surface area contributed by atoms with Gasteiger partial charge >= 0.3 is 0 Å². The third kappa shape index (κ3) is 1.69. The highest BCUT2D eigenvalue weighted by atomic mass is 16.2. The Morgan fingerprint density at radius 2 is 1.67 bits per heavy atom. The van der Waals surface area contributed by atoms with Crippen molar-refractivity contribution >= 4 is 11.6 Å². The van der Waals surface area contributed by atoms with Crippen molar-refractivity contribution in [1.82, 2.24) is 0 Å². The van der Waals surface area contributed by atoms with Crippen molar-refractivity contribution < 1.29 is 9.59 Å². The fourth-order valence-corrected chi connectivity index (χ4v) is 4.22. The summed E-state index contributed by atoms with van der Waals surface area (Å²) in [6, 6.07) is 0. The van der Waals surface area contributed by atoms with Crippen molar-refractivity contribution in [3.8, 4) is 0 Å². The topological polar surface area (TPSA) is 34.1 Å². The van der Waals surface area contributed by atoms with Crippen LogP contribution in [-0.4, -0.2) is 11.6 Å². The van der Waals surface area contributed by atoms with E-state index in [4.69, 9.17) is 0 Å². The van der Waals surface area contributed by atoms with Crippen LogP contribution in [0.3, 0.4) is 0 Å². The number of hydrogen-bond acceptors (Lipinski definition) is 2. The molecule has 3 rings (SSSR count). The van der Waals surface area contributed by atoms with Gasteiger partial charge in [-0.1, -0.05) is 38.8 Å². The lowest BCUT2D eigenvalue weighted by Gasteiger charge is -2.16. The molecule has 18 heavy (non-hydrogen) atoms. The Balaban J connectivity index is 1.68.